The molecule has 1 aromatic carbocycles. The smallest absolute Gasteiger partial charge is 0.391 e. The van der Waals surface area contributed by atoms with Crippen LogP contribution in [-0.4, -0.2) is 27.7 Å². The van der Waals surface area contributed by atoms with Gasteiger partial charge in [-0.05, 0) is 37.5 Å². The summed E-state index contributed by atoms with van der Waals surface area (Å²) in [6.07, 6.45) is -3.69. The van der Waals surface area contributed by atoms with Crippen LogP contribution < -0.4 is 4.90 Å². The normalized spacial score (nSPS) is 21.0. The molecule has 1 saturated heterocycles. The Morgan fingerprint density at radius 1 is 1.20 bits per heavy atom. The molecule has 4 nitrogen and oxygen atoms in total. The molecule has 2 aromatic rings. The van der Waals surface area contributed by atoms with Gasteiger partial charge in [0.2, 0.25) is 0 Å². The molecule has 0 aliphatic carbocycles. The lowest BCUT2D eigenvalue weighted by Crippen LogP contribution is -2.26. The number of halogens is 3. The number of aliphatic hydroxyl groups excluding tert-OH is 1. The third-order valence-electron chi connectivity index (χ3n) is 4.44. The van der Waals surface area contributed by atoms with Gasteiger partial charge in [0.1, 0.15) is 11.6 Å². The summed E-state index contributed by atoms with van der Waals surface area (Å²) in [5, 5.41) is 10.1. The first-order valence-electron chi connectivity index (χ1n) is 8.24. The molecule has 134 valence electrons. The highest BCUT2D eigenvalue weighted by molar-refractivity contribution is 5.46. The van der Waals surface area contributed by atoms with Gasteiger partial charge in [0, 0.05) is 18.3 Å². The molecule has 25 heavy (non-hydrogen) atoms. The summed E-state index contributed by atoms with van der Waals surface area (Å²) in [7, 11) is 0. The van der Waals surface area contributed by atoms with Gasteiger partial charge in [-0.3, -0.25) is 0 Å². The van der Waals surface area contributed by atoms with E-state index in [2.05, 4.69) is 9.97 Å². The van der Waals surface area contributed by atoms with Gasteiger partial charge in [-0.15, -0.1) is 0 Å². The molecular formula is C18H20F3N3O. The molecule has 0 amide bonds. The Hall–Kier alpha value is -2.15. The lowest BCUT2D eigenvalue weighted by molar-refractivity contribution is -0.137. The van der Waals surface area contributed by atoms with Gasteiger partial charge in [-0.2, -0.15) is 13.2 Å². The zero-order valence-corrected chi connectivity index (χ0v) is 14.1. The Morgan fingerprint density at radius 3 is 2.48 bits per heavy atom. The van der Waals surface area contributed by atoms with Crippen LogP contribution >= 0.6 is 0 Å². The van der Waals surface area contributed by atoms with E-state index in [1.54, 1.807) is 0 Å². The van der Waals surface area contributed by atoms with Crippen molar-refractivity contribution in [2.75, 3.05) is 11.4 Å². The maximum atomic E-state index is 12.8. The van der Waals surface area contributed by atoms with Crippen molar-refractivity contribution < 1.29 is 18.3 Å². The Labute approximate surface area is 144 Å². The Morgan fingerprint density at radius 2 is 1.88 bits per heavy atom. The summed E-state index contributed by atoms with van der Waals surface area (Å²) in [5.41, 5.74) is 0.960. The standard InChI is InChI=1S/C18H20F3N3O/c1-3-14-8-17(23-11(2)22-14)24-10-15(25)9-16(24)12-4-6-13(7-5-12)18(19,20)21/h4-8,15-16,25H,3,9-10H2,1-2H3. The van der Waals surface area contributed by atoms with Crippen LogP contribution in [0.3, 0.4) is 0 Å². The number of anilines is 1. The summed E-state index contributed by atoms with van der Waals surface area (Å²) in [5.74, 6) is 1.34. The number of aliphatic hydroxyl groups is 1. The summed E-state index contributed by atoms with van der Waals surface area (Å²) >= 11 is 0. The molecule has 2 heterocycles. The van der Waals surface area contributed by atoms with Gasteiger partial charge in [-0.25, -0.2) is 9.97 Å². The van der Waals surface area contributed by atoms with Gasteiger partial charge in [0.25, 0.3) is 0 Å². The maximum absolute atomic E-state index is 12.8. The molecule has 1 N–H and O–H groups in total. The predicted octanol–water partition coefficient (Wildman–Crippen LogP) is 3.68. The Kier molecular flexibility index (Phi) is 4.69. The molecule has 2 atom stereocenters. The Bertz CT molecular complexity index is 746. The van der Waals surface area contributed by atoms with Gasteiger partial charge in [-0.1, -0.05) is 19.1 Å². The van der Waals surface area contributed by atoms with Crippen LogP contribution in [0.4, 0.5) is 19.0 Å². The summed E-state index contributed by atoms with van der Waals surface area (Å²) in [4.78, 5) is 10.8. The van der Waals surface area contributed by atoms with E-state index in [-0.39, 0.29) is 6.04 Å². The van der Waals surface area contributed by atoms with E-state index >= 15 is 0 Å². The maximum Gasteiger partial charge on any atom is 0.416 e. The molecule has 2 unspecified atom stereocenters. The second kappa shape index (κ2) is 6.63. The fourth-order valence-corrected chi connectivity index (χ4v) is 3.22. The second-order valence-corrected chi connectivity index (χ2v) is 6.30. The third-order valence-corrected chi connectivity index (χ3v) is 4.44. The summed E-state index contributed by atoms with van der Waals surface area (Å²) < 4.78 is 38.3. The van der Waals surface area contributed by atoms with E-state index < -0.39 is 17.8 Å². The van der Waals surface area contributed by atoms with E-state index in [9.17, 15) is 18.3 Å². The monoisotopic (exact) mass is 351 g/mol. The average molecular weight is 351 g/mol. The largest absolute Gasteiger partial charge is 0.416 e. The average Bonchev–Trinajstić information content (AvgIpc) is 2.95. The number of rotatable bonds is 3. The minimum Gasteiger partial charge on any atom is -0.391 e. The number of hydrogen-bond acceptors (Lipinski definition) is 4. The minimum absolute atomic E-state index is 0.212. The van der Waals surface area contributed by atoms with Gasteiger partial charge in [0.15, 0.2) is 0 Å². The molecule has 7 heteroatoms. The van der Waals surface area contributed by atoms with Crippen LogP contribution in [0.1, 0.15) is 42.0 Å². The topological polar surface area (TPSA) is 49.2 Å². The van der Waals surface area contributed by atoms with E-state index in [1.165, 1.54) is 12.1 Å². The predicted molar refractivity (Wildman–Crippen MR) is 88.3 cm³/mol. The SMILES string of the molecule is CCc1cc(N2CC(O)CC2c2ccc(C(F)(F)F)cc2)nc(C)n1. The van der Waals surface area contributed by atoms with Crippen LogP contribution in [0.5, 0.6) is 0 Å². The van der Waals surface area contributed by atoms with Crippen molar-refractivity contribution in [3.05, 3.63) is 53.0 Å². The Balaban J connectivity index is 1.93. The number of aromatic nitrogens is 2. The fraction of sp³-hybridized carbons (Fsp3) is 0.444. The number of aryl methyl sites for hydroxylation is 2. The summed E-state index contributed by atoms with van der Waals surface area (Å²) in [6, 6.07) is 6.79. The van der Waals surface area contributed by atoms with Crippen molar-refractivity contribution in [3.63, 3.8) is 0 Å². The van der Waals surface area contributed by atoms with E-state index in [0.717, 1.165) is 29.8 Å². The van der Waals surface area contributed by atoms with Crippen molar-refractivity contribution in [3.8, 4) is 0 Å². The highest BCUT2D eigenvalue weighted by Gasteiger charge is 2.35. The lowest BCUT2D eigenvalue weighted by atomic mass is 10.0. The molecule has 1 fully saturated rings. The molecule has 0 bridgehead atoms. The van der Waals surface area contributed by atoms with Gasteiger partial charge in [0.05, 0.1) is 17.7 Å². The molecule has 0 spiro atoms. The van der Waals surface area contributed by atoms with Crippen molar-refractivity contribution in [2.24, 2.45) is 0 Å². The van der Waals surface area contributed by atoms with Crippen molar-refractivity contribution in [2.45, 2.75) is 45.0 Å². The van der Waals surface area contributed by atoms with E-state index in [4.69, 9.17) is 0 Å². The van der Waals surface area contributed by atoms with E-state index in [1.807, 2.05) is 24.8 Å². The number of β-amino-alcohol motifs (C(OH)–C–C–N with tert-alkyl or cyclic N) is 1. The number of nitrogens with zero attached hydrogens (tertiary/aromatic N) is 3. The summed E-state index contributed by atoms with van der Waals surface area (Å²) in [6.45, 7) is 4.20. The molecule has 3 rings (SSSR count). The van der Waals surface area contributed by atoms with Gasteiger partial charge < -0.3 is 10.0 Å². The highest BCUT2D eigenvalue weighted by atomic mass is 19.4. The van der Waals surface area contributed by atoms with Crippen LogP contribution in [0.15, 0.2) is 30.3 Å². The van der Waals surface area contributed by atoms with E-state index in [0.29, 0.717) is 24.6 Å². The molecular weight excluding hydrogens is 331 g/mol. The molecule has 0 radical (unpaired) electrons. The molecule has 1 aromatic heterocycles. The van der Waals surface area contributed by atoms with Crippen LogP contribution in [0.2, 0.25) is 0 Å². The van der Waals surface area contributed by atoms with Crippen molar-refractivity contribution >= 4 is 5.82 Å². The lowest BCUT2D eigenvalue weighted by Gasteiger charge is -2.26. The number of benzene rings is 1. The van der Waals surface area contributed by atoms with Crippen LogP contribution in [-0.2, 0) is 12.6 Å². The van der Waals surface area contributed by atoms with Crippen LogP contribution in [0, 0.1) is 6.92 Å². The van der Waals surface area contributed by atoms with Crippen molar-refractivity contribution in [1.29, 1.82) is 0 Å². The minimum atomic E-state index is -4.35. The first-order valence-corrected chi connectivity index (χ1v) is 8.24. The molecule has 1 aliphatic rings. The quantitative estimate of drug-likeness (QED) is 0.917. The van der Waals surface area contributed by atoms with Gasteiger partial charge >= 0.3 is 6.18 Å². The fourth-order valence-electron chi connectivity index (χ4n) is 3.22. The highest BCUT2D eigenvalue weighted by Crippen LogP contribution is 2.37. The first kappa shape index (κ1) is 17.7. The second-order valence-electron chi connectivity index (χ2n) is 6.30. The first-order chi connectivity index (χ1) is 11.8. The number of hydrogen-bond donors (Lipinski definition) is 1. The number of alkyl halides is 3. The van der Waals surface area contributed by atoms with Crippen molar-refractivity contribution in [1.82, 2.24) is 9.97 Å². The third kappa shape index (κ3) is 3.76. The molecule has 0 saturated carbocycles. The molecule has 1 aliphatic heterocycles. The van der Waals surface area contributed by atoms with Crippen LogP contribution in [0.25, 0.3) is 0 Å². The zero-order chi connectivity index (χ0) is 18.2. The zero-order valence-electron chi connectivity index (χ0n) is 14.1.